The third-order valence-corrected chi connectivity index (χ3v) is 2.75. The van der Waals surface area contributed by atoms with Crippen molar-refractivity contribution in [2.45, 2.75) is 6.92 Å². The summed E-state index contributed by atoms with van der Waals surface area (Å²) in [5.41, 5.74) is 1.74. The molecule has 1 N–H and O–H groups in total. The summed E-state index contributed by atoms with van der Waals surface area (Å²) in [6.07, 6.45) is 7.03. The molecule has 3 nitrogen and oxygen atoms in total. The summed E-state index contributed by atoms with van der Waals surface area (Å²) in [5, 5.41) is 2.55. The lowest BCUT2D eigenvalue weighted by atomic mass is 10.1. The standard InChI is InChI=1S/C17H19FN2O/c1-5-7-14(8-6-2)13(3)20(17(21)19-4)16-11-9-15(18)10-12-16/h5-12H,1,3H2,2,4H3,(H,19,21)/b8-6-,14-7+. The number of nitrogens with one attached hydrogen (secondary N) is 1. The van der Waals surface area contributed by atoms with Gasteiger partial charge in [0.1, 0.15) is 5.82 Å². The molecule has 0 heterocycles. The Hall–Kier alpha value is -2.62. The van der Waals surface area contributed by atoms with E-state index in [0.29, 0.717) is 11.4 Å². The summed E-state index contributed by atoms with van der Waals surface area (Å²) in [6.45, 7) is 9.49. The molecule has 0 saturated heterocycles. The number of carbonyl (C=O) groups excluding carboxylic acids is 1. The van der Waals surface area contributed by atoms with Crippen molar-refractivity contribution in [2.24, 2.45) is 0 Å². The van der Waals surface area contributed by atoms with Crippen molar-refractivity contribution in [3.05, 3.63) is 78.8 Å². The van der Waals surface area contributed by atoms with Crippen LogP contribution in [0.4, 0.5) is 14.9 Å². The number of halogens is 1. The number of hydrogen-bond donors (Lipinski definition) is 1. The van der Waals surface area contributed by atoms with Crippen LogP contribution in [0, 0.1) is 5.82 Å². The van der Waals surface area contributed by atoms with Gasteiger partial charge in [0.15, 0.2) is 0 Å². The molecule has 0 aliphatic rings. The number of allylic oxidation sites excluding steroid dienone is 4. The highest BCUT2D eigenvalue weighted by molar-refractivity contribution is 5.96. The number of anilines is 1. The highest BCUT2D eigenvalue weighted by Crippen LogP contribution is 2.24. The van der Waals surface area contributed by atoms with E-state index in [-0.39, 0.29) is 11.8 Å². The number of urea groups is 1. The highest BCUT2D eigenvalue weighted by Gasteiger charge is 2.19. The predicted octanol–water partition coefficient (Wildman–Crippen LogP) is 4.17. The molecule has 0 aromatic heterocycles. The Balaban J connectivity index is 3.28. The lowest BCUT2D eigenvalue weighted by molar-refractivity contribution is 0.250. The van der Waals surface area contributed by atoms with Crippen LogP contribution in [0.3, 0.4) is 0 Å². The molecule has 0 spiro atoms. The van der Waals surface area contributed by atoms with E-state index in [4.69, 9.17) is 0 Å². The Morgan fingerprint density at radius 3 is 2.43 bits per heavy atom. The quantitative estimate of drug-likeness (QED) is 0.809. The Bertz CT molecular complexity index is 585. The van der Waals surface area contributed by atoms with Gasteiger partial charge in [-0.3, -0.25) is 4.90 Å². The second-order valence-corrected chi connectivity index (χ2v) is 4.17. The fraction of sp³-hybridized carbons (Fsp3) is 0.118. The first-order valence-corrected chi connectivity index (χ1v) is 6.47. The van der Waals surface area contributed by atoms with Gasteiger partial charge in [0, 0.05) is 7.05 Å². The molecule has 1 aromatic rings. The van der Waals surface area contributed by atoms with E-state index in [1.807, 2.05) is 19.1 Å². The molecule has 0 saturated carbocycles. The predicted molar refractivity (Wildman–Crippen MR) is 85.6 cm³/mol. The topological polar surface area (TPSA) is 32.3 Å². The van der Waals surface area contributed by atoms with E-state index in [2.05, 4.69) is 18.5 Å². The van der Waals surface area contributed by atoms with Gasteiger partial charge in [-0.2, -0.15) is 0 Å². The molecule has 0 unspecified atom stereocenters. The molecule has 0 radical (unpaired) electrons. The molecule has 1 rings (SSSR count). The third-order valence-electron chi connectivity index (χ3n) is 2.75. The van der Waals surface area contributed by atoms with Crippen molar-refractivity contribution in [3.8, 4) is 0 Å². The first-order chi connectivity index (χ1) is 10.0. The van der Waals surface area contributed by atoms with Crippen LogP contribution >= 0.6 is 0 Å². The van der Waals surface area contributed by atoms with Gasteiger partial charge >= 0.3 is 6.03 Å². The van der Waals surface area contributed by atoms with Crippen LogP contribution < -0.4 is 10.2 Å². The van der Waals surface area contributed by atoms with Crippen LogP contribution in [0.15, 0.2) is 73.0 Å². The van der Waals surface area contributed by atoms with Gasteiger partial charge in [-0.15, -0.1) is 0 Å². The number of benzene rings is 1. The van der Waals surface area contributed by atoms with E-state index < -0.39 is 0 Å². The van der Waals surface area contributed by atoms with Crippen LogP contribution in [0.25, 0.3) is 0 Å². The molecule has 2 amide bonds. The van der Waals surface area contributed by atoms with Gasteiger partial charge in [0.2, 0.25) is 0 Å². The number of amides is 2. The molecular weight excluding hydrogens is 267 g/mol. The molecule has 0 aliphatic carbocycles. The average molecular weight is 286 g/mol. The summed E-state index contributed by atoms with van der Waals surface area (Å²) < 4.78 is 13.1. The second kappa shape index (κ2) is 7.85. The maximum absolute atomic E-state index is 13.1. The average Bonchev–Trinajstić information content (AvgIpc) is 2.48. The summed E-state index contributed by atoms with van der Waals surface area (Å²) in [5.74, 6) is -0.364. The molecule has 0 aliphatic heterocycles. The Labute approximate surface area is 124 Å². The molecule has 0 bridgehead atoms. The number of hydrogen-bond acceptors (Lipinski definition) is 1. The van der Waals surface area contributed by atoms with Gasteiger partial charge < -0.3 is 5.32 Å². The van der Waals surface area contributed by atoms with Crippen molar-refractivity contribution in [2.75, 3.05) is 11.9 Å². The van der Waals surface area contributed by atoms with Crippen LogP contribution in [0.5, 0.6) is 0 Å². The van der Waals surface area contributed by atoms with Crippen LogP contribution in [0.2, 0.25) is 0 Å². The lowest BCUT2D eigenvalue weighted by Gasteiger charge is -2.25. The smallest absolute Gasteiger partial charge is 0.326 e. The zero-order valence-corrected chi connectivity index (χ0v) is 12.3. The van der Waals surface area contributed by atoms with Crippen LogP contribution in [0.1, 0.15) is 6.92 Å². The zero-order chi connectivity index (χ0) is 15.8. The number of nitrogens with zero attached hydrogens (tertiary/aromatic N) is 1. The minimum Gasteiger partial charge on any atom is -0.340 e. The van der Waals surface area contributed by atoms with Crippen molar-refractivity contribution in [1.82, 2.24) is 5.32 Å². The Morgan fingerprint density at radius 2 is 1.95 bits per heavy atom. The molecule has 1 aromatic carbocycles. The molecular formula is C17H19FN2O. The zero-order valence-electron chi connectivity index (χ0n) is 12.3. The van der Waals surface area contributed by atoms with Gasteiger partial charge in [-0.05, 0) is 36.8 Å². The van der Waals surface area contributed by atoms with Crippen molar-refractivity contribution >= 4 is 11.7 Å². The van der Waals surface area contributed by atoms with Crippen molar-refractivity contribution in [1.29, 1.82) is 0 Å². The van der Waals surface area contributed by atoms with Crippen LogP contribution in [-0.2, 0) is 0 Å². The summed E-state index contributed by atoms with van der Waals surface area (Å²) in [7, 11) is 1.53. The van der Waals surface area contributed by atoms with Gasteiger partial charge in [0.05, 0.1) is 11.4 Å². The molecule has 21 heavy (non-hydrogen) atoms. The second-order valence-electron chi connectivity index (χ2n) is 4.17. The molecule has 0 fully saturated rings. The molecule has 110 valence electrons. The van der Waals surface area contributed by atoms with Crippen molar-refractivity contribution in [3.63, 3.8) is 0 Å². The van der Waals surface area contributed by atoms with E-state index in [1.54, 1.807) is 12.2 Å². The minimum absolute atomic E-state index is 0.355. The maximum Gasteiger partial charge on any atom is 0.326 e. The normalized spacial score (nSPS) is 11.3. The van der Waals surface area contributed by atoms with Gasteiger partial charge in [-0.25, -0.2) is 9.18 Å². The number of carbonyl (C=O) groups is 1. The monoisotopic (exact) mass is 286 g/mol. The largest absolute Gasteiger partial charge is 0.340 e. The van der Waals surface area contributed by atoms with Crippen LogP contribution in [-0.4, -0.2) is 13.1 Å². The fourth-order valence-corrected chi connectivity index (χ4v) is 1.78. The van der Waals surface area contributed by atoms with E-state index in [9.17, 15) is 9.18 Å². The fourth-order valence-electron chi connectivity index (χ4n) is 1.78. The van der Waals surface area contributed by atoms with Crippen molar-refractivity contribution < 1.29 is 9.18 Å². The first kappa shape index (κ1) is 16.4. The summed E-state index contributed by atoms with van der Waals surface area (Å²) in [4.78, 5) is 13.5. The summed E-state index contributed by atoms with van der Waals surface area (Å²) >= 11 is 0. The third kappa shape index (κ3) is 4.18. The first-order valence-electron chi connectivity index (χ1n) is 6.47. The summed E-state index contributed by atoms with van der Waals surface area (Å²) in [6, 6.07) is 5.29. The van der Waals surface area contributed by atoms with E-state index >= 15 is 0 Å². The Morgan fingerprint density at radius 1 is 1.33 bits per heavy atom. The molecule has 4 heteroatoms. The van der Waals surface area contributed by atoms with E-state index in [1.165, 1.54) is 36.2 Å². The van der Waals surface area contributed by atoms with Gasteiger partial charge in [-0.1, -0.05) is 37.5 Å². The lowest BCUT2D eigenvalue weighted by Crippen LogP contribution is -2.37. The SMILES string of the molecule is C=C/C=C(\C=C/C)C(=C)N(C(=O)NC)c1ccc(F)cc1. The maximum atomic E-state index is 13.1. The molecule has 0 atom stereocenters. The Kier molecular flexibility index (Phi) is 6.14. The highest BCUT2D eigenvalue weighted by atomic mass is 19.1. The minimum atomic E-state index is -0.364. The van der Waals surface area contributed by atoms with E-state index in [0.717, 1.165) is 5.57 Å². The number of rotatable bonds is 5. The van der Waals surface area contributed by atoms with Gasteiger partial charge in [0.25, 0.3) is 0 Å².